The fraction of sp³-hybridized carbons (Fsp3) is 0.333. The van der Waals surface area contributed by atoms with Crippen molar-refractivity contribution in [3.63, 3.8) is 0 Å². The van der Waals surface area contributed by atoms with E-state index in [9.17, 15) is 17.2 Å². The number of nitrogens with one attached hydrogen (secondary N) is 1. The van der Waals surface area contributed by atoms with Gasteiger partial charge in [-0.15, -0.1) is 0 Å². The van der Waals surface area contributed by atoms with Crippen LogP contribution in [0.3, 0.4) is 0 Å². The van der Waals surface area contributed by atoms with E-state index >= 15 is 0 Å². The molecule has 0 unspecified atom stereocenters. The molecule has 12 heteroatoms. The van der Waals surface area contributed by atoms with E-state index in [-0.39, 0.29) is 17.1 Å². The highest BCUT2D eigenvalue weighted by molar-refractivity contribution is 7.90. The molecule has 0 saturated carbocycles. The number of anilines is 1. The van der Waals surface area contributed by atoms with Gasteiger partial charge >= 0.3 is 6.61 Å². The summed E-state index contributed by atoms with van der Waals surface area (Å²) in [6.45, 7) is 1.07. The van der Waals surface area contributed by atoms with E-state index in [1.54, 1.807) is 24.5 Å². The second-order valence-electron chi connectivity index (χ2n) is 7.15. The Hall–Kier alpha value is -3.25. The van der Waals surface area contributed by atoms with E-state index in [1.807, 2.05) is 0 Å². The summed E-state index contributed by atoms with van der Waals surface area (Å²) in [5, 5.41) is 10.3. The van der Waals surface area contributed by atoms with E-state index in [1.165, 1.54) is 18.2 Å². The summed E-state index contributed by atoms with van der Waals surface area (Å²) in [6, 6.07) is 8.77. The molecule has 4 rings (SSSR count). The largest absolute Gasteiger partial charge is 0.483 e. The molecule has 3 heterocycles. The zero-order valence-corrected chi connectivity index (χ0v) is 18.6. The van der Waals surface area contributed by atoms with Crippen molar-refractivity contribution in [2.75, 3.05) is 24.5 Å². The normalized spacial score (nSPS) is 16.4. The van der Waals surface area contributed by atoms with E-state index in [4.69, 9.17) is 9.90 Å². The number of nitrogens with zero attached hydrogens (tertiary/aromatic N) is 3. The molecule has 0 radical (unpaired) electrons. The van der Waals surface area contributed by atoms with Crippen LogP contribution in [0.2, 0.25) is 0 Å². The number of hydrogen-bond donors (Lipinski definition) is 2. The van der Waals surface area contributed by atoms with Gasteiger partial charge in [0, 0.05) is 44.1 Å². The zero-order valence-electron chi connectivity index (χ0n) is 17.8. The van der Waals surface area contributed by atoms with Gasteiger partial charge in [-0.3, -0.25) is 9.78 Å². The Kier molecular flexibility index (Phi) is 7.82. The molecular formula is C21H24F2N4O5S. The number of alkyl halides is 2. The maximum absolute atomic E-state index is 13.4. The van der Waals surface area contributed by atoms with Crippen LogP contribution >= 0.6 is 0 Å². The number of halogens is 2. The van der Waals surface area contributed by atoms with Crippen molar-refractivity contribution in [1.29, 1.82) is 0 Å². The van der Waals surface area contributed by atoms with Gasteiger partial charge in [-0.1, -0.05) is 13.0 Å². The van der Waals surface area contributed by atoms with Gasteiger partial charge in [0.25, 0.3) is 16.5 Å². The molecule has 1 aliphatic heterocycles. The molecule has 2 N–H and O–H groups in total. The molecule has 0 amide bonds. The first-order chi connectivity index (χ1) is 15.8. The third kappa shape index (κ3) is 5.40. The van der Waals surface area contributed by atoms with Gasteiger partial charge in [-0.05, 0) is 30.7 Å². The van der Waals surface area contributed by atoms with Crippen molar-refractivity contribution >= 4 is 33.2 Å². The lowest BCUT2D eigenvalue weighted by Gasteiger charge is -2.34. The van der Waals surface area contributed by atoms with Crippen LogP contribution in [0.5, 0.6) is 5.75 Å². The summed E-state index contributed by atoms with van der Waals surface area (Å²) in [5.41, 5.74) is 1.74. The molecule has 0 bridgehead atoms. The number of benzene rings is 1. The molecule has 9 nitrogen and oxygen atoms in total. The van der Waals surface area contributed by atoms with Crippen LogP contribution in [-0.2, 0) is 14.8 Å². The minimum Gasteiger partial charge on any atom is -0.483 e. The van der Waals surface area contributed by atoms with Crippen LogP contribution in [0.15, 0.2) is 53.7 Å². The monoisotopic (exact) mass is 482 g/mol. The molecule has 2 aromatic heterocycles. The Labute approximate surface area is 189 Å². The second-order valence-corrected chi connectivity index (χ2v) is 8.97. The Morgan fingerprint density at radius 1 is 1.33 bits per heavy atom. The summed E-state index contributed by atoms with van der Waals surface area (Å²) >= 11 is 0. The van der Waals surface area contributed by atoms with Crippen LogP contribution in [0.4, 0.5) is 14.5 Å². The predicted molar refractivity (Wildman–Crippen MR) is 118 cm³/mol. The summed E-state index contributed by atoms with van der Waals surface area (Å²) in [4.78, 5) is 14.8. The fourth-order valence-electron chi connectivity index (χ4n) is 3.69. The van der Waals surface area contributed by atoms with E-state index < -0.39 is 16.6 Å². The minimum atomic E-state index is -4.05. The molecule has 0 aliphatic carbocycles. The highest BCUT2D eigenvalue weighted by atomic mass is 32.2. The van der Waals surface area contributed by atoms with Gasteiger partial charge in [0.05, 0.1) is 16.1 Å². The highest BCUT2D eigenvalue weighted by Gasteiger charge is 2.27. The Balaban J connectivity index is 0.000000968. The third-order valence-corrected chi connectivity index (χ3v) is 6.85. The number of carboxylic acid groups (broad SMARTS) is 1. The number of hydrogen-bond acceptors (Lipinski definition) is 7. The summed E-state index contributed by atoms with van der Waals surface area (Å²) in [5.74, 6) is -0.214. The van der Waals surface area contributed by atoms with Crippen LogP contribution in [-0.4, -0.2) is 61.2 Å². The van der Waals surface area contributed by atoms with Crippen molar-refractivity contribution in [2.24, 2.45) is 0 Å². The lowest BCUT2D eigenvalue weighted by molar-refractivity contribution is -0.122. The first-order valence-corrected chi connectivity index (χ1v) is 11.6. The molecule has 33 heavy (non-hydrogen) atoms. The number of aromatic nitrogens is 2. The van der Waals surface area contributed by atoms with Crippen molar-refractivity contribution in [2.45, 2.75) is 30.9 Å². The van der Waals surface area contributed by atoms with Crippen LogP contribution in [0, 0.1) is 0 Å². The number of fused-ring (bicyclic) bond motifs is 1. The van der Waals surface area contributed by atoms with Crippen LogP contribution in [0.25, 0.3) is 11.0 Å². The average Bonchev–Trinajstić information content (AvgIpc) is 3.20. The van der Waals surface area contributed by atoms with Gasteiger partial charge in [0.15, 0.2) is 0 Å². The summed E-state index contributed by atoms with van der Waals surface area (Å²) in [7, 11) is -4.05. The van der Waals surface area contributed by atoms with Gasteiger partial charge in [0.1, 0.15) is 11.3 Å². The van der Waals surface area contributed by atoms with Crippen molar-refractivity contribution < 1.29 is 31.8 Å². The van der Waals surface area contributed by atoms with Crippen LogP contribution in [0.1, 0.15) is 13.3 Å². The molecule has 1 aliphatic rings. The quantitative estimate of drug-likeness (QED) is 0.516. The lowest BCUT2D eigenvalue weighted by Crippen LogP contribution is -2.50. The topological polar surface area (TPSA) is 114 Å². The second kappa shape index (κ2) is 10.6. The molecule has 1 atom stereocenters. The molecule has 1 saturated heterocycles. The summed E-state index contributed by atoms with van der Waals surface area (Å²) in [6.07, 6.45) is 4.14. The van der Waals surface area contributed by atoms with Gasteiger partial charge in [-0.25, -0.2) is 12.4 Å². The Morgan fingerprint density at radius 2 is 2.09 bits per heavy atom. The number of pyridine rings is 1. The molecule has 0 spiro atoms. The van der Waals surface area contributed by atoms with Crippen LogP contribution < -0.4 is 15.0 Å². The number of ether oxygens (including phenoxy) is 1. The number of carbonyl (C=O) groups is 1. The van der Waals surface area contributed by atoms with Crippen molar-refractivity contribution in [3.8, 4) is 5.75 Å². The van der Waals surface area contributed by atoms with Crippen molar-refractivity contribution in [3.05, 3.63) is 48.8 Å². The highest BCUT2D eigenvalue weighted by Crippen LogP contribution is 2.32. The standard InChI is InChI=1S/C20H22F2N4O3S.CH2O2/c1-2-14-12-25(10-9-23-14)18-13-26(17-7-4-8-24-19(17)18)30(27,28)16-6-3-5-15(11-16)29-20(21)22;2-1-3/h3-8,11,13-14,20,23H,2,9-10,12H2,1H3;1H,(H,2,3)/t14-;/m0./s1. The fourth-order valence-corrected chi connectivity index (χ4v) is 5.07. The molecule has 1 aromatic carbocycles. The maximum atomic E-state index is 13.4. The average molecular weight is 483 g/mol. The Bertz CT molecular complexity index is 1200. The SMILES string of the molecule is CC[C@H]1CN(c2cn(S(=O)(=O)c3cccc(OC(F)F)c3)c3cccnc23)CCN1.O=CO. The predicted octanol–water partition coefficient (Wildman–Crippen LogP) is 2.76. The number of rotatable bonds is 6. The van der Waals surface area contributed by atoms with E-state index in [2.05, 4.69) is 26.9 Å². The lowest BCUT2D eigenvalue weighted by atomic mass is 10.1. The van der Waals surface area contributed by atoms with Gasteiger partial charge in [0.2, 0.25) is 0 Å². The maximum Gasteiger partial charge on any atom is 0.387 e. The number of piperazine rings is 1. The zero-order chi connectivity index (χ0) is 24.0. The first kappa shape index (κ1) is 24.4. The van der Waals surface area contributed by atoms with E-state index in [0.717, 1.165) is 41.8 Å². The minimum absolute atomic E-state index is 0.139. The van der Waals surface area contributed by atoms with Crippen molar-refractivity contribution in [1.82, 2.24) is 14.3 Å². The Morgan fingerprint density at radius 3 is 2.79 bits per heavy atom. The molecule has 178 valence electrons. The van der Waals surface area contributed by atoms with Gasteiger partial charge in [-0.2, -0.15) is 8.78 Å². The molecular weight excluding hydrogens is 458 g/mol. The smallest absolute Gasteiger partial charge is 0.387 e. The third-order valence-electron chi connectivity index (χ3n) is 5.18. The summed E-state index contributed by atoms with van der Waals surface area (Å²) < 4.78 is 57.4. The first-order valence-electron chi connectivity index (χ1n) is 10.1. The molecule has 1 fully saturated rings. The van der Waals surface area contributed by atoms with Gasteiger partial charge < -0.3 is 20.1 Å². The molecule has 3 aromatic rings. The van der Waals surface area contributed by atoms with E-state index in [0.29, 0.717) is 17.1 Å².